The summed E-state index contributed by atoms with van der Waals surface area (Å²) in [4.78, 5) is 34.2. The van der Waals surface area contributed by atoms with Crippen LogP contribution in [0.15, 0.2) is 59.3 Å². The predicted octanol–water partition coefficient (Wildman–Crippen LogP) is 3.59. The molecule has 1 aliphatic rings. The van der Waals surface area contributed by atoms with Crippen LogP contribution >= 0.6 is 11.3 Å². The summed E-state index contributed by atoms with van der Waals surface area (Å²) in [5.41, 5.74) is 1.79. The summed E-state index contributed by atoms with van der Waals surface area (Å²) in [5, 5.41) is 25.1. The number of aliphatic hydroxyl groups is 1. The number of aromatic nitrogens is 2. The number of hydrogen-bond donors (Lipinski definition) is 3. The zero-order valence-electron chi connectivity index (χ0n) is 16.4. The Morgan fingerprint density at radius 2 is 2.06 bits per heavy atom. The zero-order valence-corrected chi connectivity index (χ0v) is 17.3. The van der Waals surface area contributed by atoms with Gasteiger partial charge < -0.3 is 15.2 Å². The molecule has 4 aromatic rings. The van der Waals surface area contributed by atoms with Crippen molar-refractivity contribution in [1.29, 1.82) is 0 Å². The third-order valence-electron chi connectivity index (χ3n) is 5.57. The van der Waals surface area contributed by atoms with Crippen molar-refractivity contribution in [3.8, 4) is 0 Å². The van der Waals surface area contributed by atoms with Gasteiger partial charge in [0.05, 0.1) is 17.6 Å². The zero-order chi connectivity index (χ0) is 21.8. The number of amides is 2. The monoisotopic (exact) mass is 434 g/mol. The lowest BCUT2D eigenvalue weighted by Gasteiger charge is -2.34. The molecule has 0 saturated carbocycles. The standard InChI is InChI=1S/C22H18N4O4S/c1-25(21(28)29)20-23-17-7-6-14(10-18(17)24-20)22(30)16-5-3-2-4-15(16)19(27)26(22)11-13-8-9-31-12-13/h2-10,12,30H,11H2,1H3,(H,23,24)(H,28,29). The summed E-state index contributed by atoms with van der Waals surface area (Å²) >= 11 is 1.53. The van der Waals surface area contributed by atoms with E-state index in [0.29, 0.717) is 27.7 Å². The van der Waals surface area contributed by atoms with Gasteiger partial charge in [-0.3, -0.25) is 14.6 Å². The first-order chi connectivity index (χ1) is 14.9. The van der Waals surface area contributed by atoms with Gasteiger partial charge in [0.1, 0.15) is 0 Å². The molecule has 1 unspecified atom stereocenters. The minimum absolute atomic E-state index is 0.171. The maximum Gasteiger partial charge on any atom is 0.413 e. The first kappa shape index (κ1) is 19.3. The Morgan fingerprint density at radius 1 is 1.26 bits per heavy atom. The predicted molar refractivity (Wildman–Crippen MR) is 116 cm³/mol. The van der Waals surface area contributed by atoms with E-state index in [4.69, 9.17) is 0 Å². The highest BCUT2D eigenvalue weighted by atomic mass is 32.1. The molecule has 8 nitrogen and oxygen atoms in total. The van der Waals surface area contributed by atoms with E-state index in [2.05, 4.69) is 9.97 Å². The van der Waals surface area contributed by atoms with Gasteiger partial charge in [-0.25, -0.2) is 9.78 Å². The van der Waals surface area contributed by atoms with Crippen molar-refractivity contribution in [3.63, 3.8) is 0 Å². The number of carboxylic acid groups (broad SMARTS) is 1. The first-order valence-corrected chi connectivity index (χ1v) is 10.5. The molecular formula is C22H18N4O4S. The van der Waals surface area contributed by atoms with Crippen LogP contribution in [-0.2, 0) is 12.3 Å². The van der Waals surface area contributed by atoms with E-state index in [-0.39, 0.29) is 18.4 Å². The molecule has 2 amide bonds. The maximum atomic E-state index is 13.2. The van der Waals surface area contributed by atoms with Gasteiger partial charge in [-0.2, -0.15) is 11.3 Å². The van der Waals surface area contributed by atoms with Crippen molar-refractivity contribution in [2.24, 2.45) is 0 Å². The molecule has 2 aromatic carbocycles. The van der Waals surface area contributed by atoms with Crippen LogP contribution in [0.2, 0.25) is 0 Å². The molecule has 31 heavy (non-hydrogen) atoms. The average Bonchev–Trinajstić information content (AvgIpc) is 3.48. The van der Waals surface area contributed by atoms with E-state index in [1.807, 2.05) is 16.8 Å². The van der Waals surface area contributed by atoms with Crippen molar-refractivity contribution >= 4 is 40.3 Å². The fourth-order valence-corrected chi connectivity index (χ4v) is 4.59. The molecule has 3 heterocycles. The lowest BCUT2D eigenvalue weighted by atomic mass is 9.93. The third-order valence-corrected chi connectivity index (χ3v) is 6.30. The molecule has 2 aromatic heterocycles. The minimum Gasteiger partial charge on any atom is -0.465 e. The van der Waals surface area contributed by atoms with Crippen molar-refractivity contribution in [3.05, 3.63) is 81.5 Å². The Balaban J connectivity index is 1.65. The quantitative estimate of drug-likeness (QED) is 0.455. The van der Waals surface area contributed by atoms with Crippen molar-refractivity contribution in [2.45, 2.75) is 12.3 Å². The van der Waals surface area contributed by atoms with Gasteiger partial charge in [-0.1, -0.05) is 24.3 Å². The second-order valence-corrected chi connectivity index (χ2v) is 8.15. The van der Waals surface area contributed by atoms with E-state index < -0.39 is 11.8 Å². The van der Waals surface area contributed by atoms with Crippen LogP contribution < -0.4 is 4.90 Å². The molecule has 1 aliphatic heterocycles. The lowest BCUT2D eigenvalue weighted by molar-refractivity contribution is -0.0541. The highest BCUT2D eigenvalue weighted by Gasteiger charge is 2.49. The van der Waals surface area contributed by atoms with Crippen LogP contribution in [-0.4, -0.2) is 44.1 Å². The SMILES string of the molecule is CN(C(=O)O)c1nc2cc(C3(O)c4ccccc4C(=O)N3Cc3ccsc3)ccc2[nH]1. The number of rotatable bonds is 4. The normalized spacial score (nSPS) is 17.9. The molecule has 156 valence electrons. The minimum atomic E-state index is -1.68. The Bertz CT molecular complexity index is 1320. The average molecular weight is 434 g/mol. The highest BCUT2D eigenvalue weighted by molar-refractivity contribution is 7.07. The summed E-state index contributed by atoms with van der Waals surface area (Å²) in [6.07, 6.45) is -1.14. The maximum absolute atomic E-state index is 13.2. The molecule has 0 aliphatic carbocycles. The Labute approximate surface area is 181 Å². The Morgan fingerprint density at radius 3 is 2.81 bits per heavy atom. The molecular weight excluding hydrogens is 416 g/mol. The number of imidazole rings is 1. The summed E-state index contributed by atoms with van der Waals surface area (Å²) in [7, 11) is 1.39. The van der Waals surface area contributed by atoms with Crippen LogP contribution in [0.1, 0.15) is 27.0 Å². The number of hydrogen-bond acceptors (Lipinski definition) is 5. The number of carbonyl (C=O) groups is 2. The fraction of sp³-hybridized carbons (Fsp3) is 0.136. The Kier molecular flexibility index (Phi) is 4.31. The molecule has 5 rings (SSSR count). The van der Waals surface area contributed by atoms with Crippen molar-refractivity contribution in [1.82, 2.24) is 14.9 Å². The largest absolute Gasteiger partial charge is 0.465 e. The van der Waals surface area contributed by atoms with Gasteiger partial charge in [0, 0.05) is 23.7 Å². The molecule has 1 atom stereocenters. The molecule has 0 radical (unpaired) electrons. The van der Waals surface area contributed by atoms with Gasteiger partial charge in [-0.05, 0) is 40.6 Å². The molecule has 0 bridgehead atoms. The second kappa shape index (κ2) is 6.93. The summed E-state index contributed by atoms with van der Waals surface area (Å²) in [6, 6.07) is 14.1. The fourth-order valence-electron chi connectivity index (χ4n) is 3.93. The first-order valence-electron chi connectivity index (χ1n) is 9.51. The van der Waals surface area contributed by atoms with E-state index >= 15 is 0 Å². The highest BCUT2D eigenvalue weighted by Crippen LogP contribution is 2.43. The summed E-state index contributed by atoms with van der Waals surface area (Å²) < 4.78 is 0. The number of carbonyl (C=O) groups excluding carboxylic acids is 1. The van der Waals surface area contributed by atoms with E-state index in [9.17, 15) is 19.8 Å². The number of benzene rings is 2. The topological polar surface area (TPSA) is 110 Å². The second-order valence-electron chi connectivity index (χ2n) is 7.37. The van der Waals surface area contributed by atoms with Gasteiger partial charge >= 0.3 is 6.09 Å². The van der Waals surface area contributed by atoms with Crippen molar-refractivity contribution in [2.75, 3.05) is 11.9 Å². The van der Waals surface area contributed by atoms with Crippen LogP contribution in [0.3, 0.4) is 0 Å². The van der Waals surface area contributed by atoms with Crippen LogP contribution in [0.25, 0.3) is 11.0 Å². The number of nitrogens with zero attached hydrogens (tertiary/aromatic N) is 3. The molecule has 9 heteroatoms. The van der Waals surface area contributed by atoms with Crippen LogP contribution in [0, 0.1) is 0 Å². The lowest BCUT2D eigenvalue weighted by Crippen LogP contribution is -2.44. The van der Waals surface area contributed by atoms with E-state index in [1.54, 1.807) is 42.5 Å². The van der Waals surface area contributed by atoms with E-state index in [1.165, 1.54) is 23.3 Å². The number of thiophene rings is 1. The summed E-state index contributed by atoms with van der Waals surface area (Å²) in [5.74, 6) is -0.0811. The number of anilines is 1. The van der Waals surface area contributed by atoms with Gasteiger partial charge in [0.25, 0.3) is 5.91 Å². The molecule has 0 spiro atoms. The molecule has 0 saturated heterocycles. The van der Waals surface area contributed by atoms with Gasteiger partial charge in [0.2, 0.25) is 5.95 Å². The number of aromatic amines is 1. The number of fused-ring (bicyclic) bond motifs is 2. The summed E-state index contributed by atoms with van der Waals surface area (Å²) in [6.45, 7) is 0.249. The number of nitrogens with one attached hydrogen (secondary N) is 1. The van der Waals surface area contributed by atoms with E-state index in [0.717, 1.165) is 10.5 Å². The van der Waals surface area contributed by atoms with Crippen LogP contribution in [0.4, 0.5) is 10.7 Å². The molecule has 0 fully saturated rings. The van der Waals surface area contributed by atoms with Gasteiger partial charge in [0.15, 0.2) is 5.72 Å². The number of H-pyrrole nitrogens is 1. The Hall–Kier alpha value is -3.69. The smallest absolute Gasteiger partial charge is 0.413 e. The van der Waals surface area contributed by atoms with Gasteiger partial charge in [-0.15, -0.1) is 0 Å². The third kappa shape index (κ3) is 2.89. The molecule has 3 N–H and O–H groups in total. The van der Waals surface area contributed by atoms with Crippen LogP contribution in [0.5, 0.6) is 0 Å². The van der Waals surface area contributed by atoms with Crippen molar-refractivity contribution < 1.29 is 19.8 Å².